The van der Waals surface area contributed by atoms with E-state index in [1.807, 2.05) is 23.7 Å². The molecule has 122 valence electrons. The second kappa shape index (κ2) is 7.13. The van der Waals surface area contributed by atoms with Crippen LogP contribution >= 0.6 is 0 Å². The zero-order valence-corrected chi connectivity index (χ0v) is 13.2. The highest BCUT2D eigenvalue weighted by atomic mass is 16.3. The molecule has 0 fully saturated rings. The summed E-state index contributed by atoms with van der Waals surface area (Å²) in [4.78, 5) is 8.87. The largest absolute Gasteiger partial charge is 0.508 e. The minimum atomic E-state index is 0.272. The number of hydrogen-bond acceptors (Lipinski definition) is 4. The fraction of sp³-hybridized carbons (Fsp3) is 0.438. The van der Waals surface area contributed by atoms with Gasteiger partial charge in [0.15, 0.2) is 5.96 Å². The van der Waals surface area contributed by atoms with Gasteiger partial charge in [-0.25, -0.2) is 14.7 Å². The van der Waals surface area contributed by atoms with Gasteiger partial charge in [0.05, 0.1) is 13.1 Å². The molecule has 0 spiro atoms. The van der Waals surface area contributed by atoms with Crippen molar-refractivity contribution < 1.29 is 5.11 Å². The highest BCUT2D eigenvalue weighted by molar-refractivity contribution is 5.80. The van der Waals surface area contributed by atoms with Crippen molar-refractivity contribution in [1.29, 1.82) is 0 Å². The van der Waals surface area contributed by atoms with Crippen molar-refractivity contribution in [2.45, 2.75) is 38.9 Å². The molecule has 7 heteroatoms. The number of guanidine groups is 1. The van der Waals surface area contributed by atoms with Gasteiger partial charge in [0.2, 0.25) is 0 Å². The summed E-state index contributed by atoms with van der Waals surface area (Å²) in [5.74, 6) is 2.12. The Hall–Kier alpha value is -2.57. The molecule has 2 heterocycles. The average Bonchev–Trinajstić information content (AvgIpc) is 3.02. The van der Waals surface area contributed by atoms with E-state index in [0.717, 1.165) is 43.3 Å². The van der Waals surface area contributed by atoms with Crippen LogP contribution in [0.5, 0.6) is 5.75 Å². The standard InChI is InChI=1S/C16H22N6O/c1-2-17-16(18-9-12-3-6-14(23)7-4-12)21-13-5-8-15-19-11-20-22(15)10-13/h3-4,6-7,11,13,23H,2,5,8-10H2,1H3,(H2,17,18,21). The number of fused-ring (bicyclic) bond motifs is 1. The molecule has 1 aliphatic heterocycles. The van der Waals surface area contributed by atoms with Gasteiger partial charge in [-0.3, -0.25) is 0 Å². The Balaban J connectivity index is 1.62. The summed E-state index contributed by atoms with van der Waals surface area (Å²) in [6.07, 6.45) is 3.55. The number of phenolic OH excluding ortho intramolecular Hbond substituents is 1. The number of aliphatic imine (C=N–C) groups is 1. The highest BCUT2D eigenvalue weighted by Crippen LogP contribution is 2.12. The third-order valence-corrected chi connectivity index (χ3v) is 3.85. The lowest BCUT2D eigenvalue weighted by atomic mass is 10.1. The van der Waals surface area contributed by atoms with Crippen LogP contribution in [0, 0.1) is 0 Å². The molecule has 0 saturated carbocycles. The lowest BCUT2D eigenvalue weighted by molar-refractivity contribution is 0.392. The molecule has 1 atom stereocenters. The molecule has 0 bridgehead atoms. The molecule has 1 unspecified atom stereocenters. The minimum Gasteiger partial charge on any atom is -0.508 e. The molecule has 1 aliphatic rings. The fourth-order valence-electron chi connectivity index (χ4n) is 2.64. The number of hydrogen-bond donors (Lipinski definition) is 3. The van der Waals surface area contributed by atoms with Crippen molar-refractivity contribution in [2.75, 3.05) is 6.54 Å². The van der Waals surface area contributed by atoms with Crippen molar-refractivity contribution in [3.8, 4) is 5.75 Å². The van der Waals surface area contributed by atoms with Crippen LogP contribution in [0.15, 0.2) is 35.6 Å². The first-order valence-corrected chi connectivity index (χ1v) is 7.94. The van der Waals surface area contributed by atoms with Gasteiger partial charge < -0.3 is 15.7 Å². The summed E-state index contributed by atoms with van der Waals surface area (Å²) in [5, 5.41) is 20.3. The molecule has 1 aromatic carbocycles. The minimum absolute atomic E-state index is 0.272. The molecule has 23 heavy (non-hydrogen) atoms. The summed E-state index contributed by atoms with van der Waals surface area (Å²) in [7, 11) is 0. The van der Waals surface area contributed by atoms with E-state index < -0.39 is 0 Å². The Labute approximate surface area is 135 Å². The van der Waals surface area contributed by atoms with Crippen molar-refractivity contribution in [3.05, 3.63) is 42.0 Å². The SMILES string of the molecule is CCNC(=NCc1ccc(O)cc1)NC1CCc2ncnn2C1. The van der Waals surface area contributed by atoms with Crippen LogP contribution < -0.4 is 10.6 Å². The van der Waals surface area contributed by atoms with Crippen molar-refractivity contribution in [2.24, 2.45) is 4.99 Å². The van der Waals surface area contributed by atoms with Gasteiger partial charge in [0.25, 0.3) is 0 Å². The summed E-state index contributed by atoms with van der Waals surface area (Å²) in [6.45, 7) is 4.23. The summed E-state index contributed by atoms with van der Waals surface area (Å²) in [5.41, 5.74) is 1.06. The lowest BCUT2D eigenvalue weighted by Gasteiger charge is -2.25. The summed E-state index contributed by atoms with van der Waals surface area (Å²) in [6, 6.07) is 7.41. The van der Waals surface area contributed by atoms with E-state index in [-0.39, 0.29) is 5.75 Å². The predicted molar refractivity (Wildman–Crippen MR) is 88.2 cm³/mol. The number of aromatic hydroxyl groups is 1. The Bertz CT molecular complexity index is 663. The fourth-order valence-corrected chi connectivity index (χ4v) is 2.64. The van der Waals surface area contributed by atoms with Crippen LogP contribution in [0.3, 0.4) is 0 Å². The van der Waals surface area contributed by atoms with Gasteiger partial charge in [-0.2, -0.15) is 5.10 Å². The zero-order valence-electron chi connectivity index (χ0n) is 13.2. The number of rotatable bonds is 4. The van der Waals surface area contributed by atoms with Crippen LogP contribution in [0.2, 0.25) is 0 Å². The lowest BCUT2D eigenvalue weighted by Crippen LogP contribution is -2.47. The second-order valence-electron chi connectivity index (χ2n) is 5.60. The van der Waals surface area contributed by atoms with E-state index in [4.69, 9.17) is 0 Å². The maximum absolute atomic E-state index is 9.32. The van der Waals surface area contributed by atoms with E-state index in [2.05, 4.69) is 25.7 Å². The molecule has 7 nitrogen and oxygen atoms in total. The number of aromatic nitrogens is 3. The van der Waals surface area contributed by atoms with Crippen molar-refractivity contribution >= 4 is 5.96 Å². The monoisotopic (exact) mass is 314 g/mol. The number of benzene rings is 1. The highest BCUT2D eigenvalue weighted by Gasteiger charge is 2.20. The van der Waals surface area contributed by atoms with Crippen LogP contribution in [0.1, 0.15) is 24.7 Å². The van der Waals surface area contributed by atoms with Gasteiger partial charge in [0, 0.05) is 19.0 Å². The average molecular weight is 314 g/mol. The Morgan fingerprint density at radius 3 is 3.00 bits per heavy atom. The molecule has 0 saturated heterocycles. The molecular formula is C16H22N6O. The molecular weight excluding hydrogens is 292 g/mol. The third-order valence-electron chi connectivity index (χ3n) is 3.85. The van der Waals surface area contributed by atoms with E-state index in [9.17, 15) is 5.11 Å². The molecule has 2 aromatic rings. The summed E-state index contributed by atoms with van der Waals surface area (Å²) >= 11 is 0. The molecule has 1 aromatic heterocycles. The second-order valence-corrected chi connectivity index (χ2v) is 5.60. The van der Waals surface area contributed by atoms with Crippen molar-refractivity contribution in [1.82, 2.24) is 25.4 Å². The molecule has 3 rings (SSSR count). The molecule has 3 N–H and O–H groups in total. The first kappa shape index (κ1) is 15.3. The topological polar surface area (TPSA) is 87.4 Å². The quantitative estimate of drug-likeness (QED) is 0.580. The smallest absolute Gasteiger partial charge is 0.191 e. The van der Waals surface area contributed by atoms with Crippen LogP contribution in [-0.2, 0) is 19.5 Å². The molecule has 0 radical (unpaired) electrons. The van der Waals surface area contributed by atoms with Gasteiger partial charge in [-0.05, 0) is 31.0 Å². The predicted octanol–water partition coefficient (Wildman–Crippen LogP) is 1.05. The maximum atomic E-state index is 9.32. The molecule has 0 amide bonds. The Kier molecular flexibility index (Phi) is 4.75. The molecule has 0 aliphatic carbocycles. The first-order chi connectivity index (χ1) is 11.2. The number of nitrogens with zero attached hydrogens (tertiary/aromatic N) is 4. The van der Waals surface area contributed by atoms with Gasteiger partial charge >= 0.3 is 0 Å². The Morgan fingerprint density at radius 2 is 2.22 bits per heavy atom. The van der Waals surface area contributed by atoms with Crippen LogP contribution in [0.25, 0.3) is 0 Å². The third kappa shape index (κ3) is 4.00. The summed E-state index contributed by atoms with van der Waals surface area (Å²) < 4.78 is 1.95. The number of nitrogens with one attached hydrogen (secondary N) is 2. The van der Waals surface area contributed by atoms with Gasteiger partial charge in [-0.15, -0.1) is 0 Å². The van der Waals surface area contributed by atoms with Crippen LogP contribution in [0.4, 0.5) is 0 Å². The van der Waals surface area contributed by atoms with Crippen LogP contribution in [-0.4, -0.2) is 38.4 Å². The van der Waals surface area contributed by atoms with E-state index >= 15 is 0 Å². The van der Waals surface area contributed by atoms with Gasteiger partial charge in [-0.1, -0.05) is 12.1 Å². The number of phenols is 1. The first-order valence-electron chi connectivity index (χ1n) is 7.94. The van der Waals surface area contributed by atoms with E-state index in [1.165, 1.54) is 0 Å². The maximum Gasteiger partial charge on any atom is 0.191 e. The Morgan fingerprint density at radius 1 is 1.39 bits per heavy atom. The van der Waals surface area contributed by atoms with Crippen molar-refractivity contribution in [3.63, 3.8) is 0 Å². The normalized spacial score (nSPS) is 17.6. The number of aryl methyl sites for hydroxylation is 1. The van der Waals surface area contributed by atoms with E-state index in [0.29, 0.717) is 12.6 Å². The van der Waals surface area contributed by atoms with E-state index in [1.54, 1.807) is 18.5 Å². The zero-order chi connectivity index (χ0) is 16.1. The van der Waals surface area contributed by atoms with Gasteiger partial charge in [0.1, 0.15) is 17.9 Å².